The third kappa shape index (κ3) is 1.50. The van der Waals surface area contributed by atoms with Gasteiger partial charge in [-0.15, -0.1) is 0 Å². The molecule has 0 saturated carbocycles. The SMILES string of the molecule is CC(C)c1cccc([C@H]2CCN2)c1O. The Morgan fingerprint density at radius 1 is 1.43 bits per heavy atom. The van der Waals surface area contributed by atoms with Gasteiger partial charge in [-0.25, -0.2) is 0 Å². The van der Waals surface area contributed by atoms with Gasteiger partial charge in [0.15, 0.2) is 0 Å². The van der Waals surface area contributed by atoms with E-state index in [-0.39, 0.29) is 0 Å². The van der Waals surface area contributed by atoms with Gasteiger partial charge in [0.1, 0.15) is 5.75 Å². The molecule has 1 fully saturated rings. The topological polar surface area (TPSA) is 32.3 Å². The summed E-state index contributed by atoms with van der Waals surface area (Å²) in [4.78, 5) is 0. The summed E-state index contributed by atoms with van der Waals surface area (Å²) >= 11 is 0. The first kappa shape index (κ1) is 9.53. The number of aromatic hydroxyl groups is 1. The molecule has 0 spiro atoms. The first-order valence-corrected chi connectivity index (χ1v) is 5.25. The largest absolute Gasteiger partial charge is 0.507 e. The van der Waals surface area contributed by atoms with Crippen LogP contribution in [0.1, 0.15) is 43.4 Å². The maximum Gasteiger partial charge on any atom is 0.123 e. The lowest BCUT2D eigenvalue weighted by atomic mass is 9.92. The smallest absolute Gasteiger partial charge is 0.123 e. The third-order valence-electron chi connectivity index (χ3n) is 2.92. The summed E-state index contributed by atoms with van der Waals surface area (Å²) in [5.74, 6) is 0.870. The molecule has 2 heteroatoms. The summed E-state index contributed by atoms with van der Waals surface area (Å²) in [6.07, 6.45) is 1.13. The average molecular weight is 191 g/mol. The molecule has 76 valence electrons. The first-order chi connectivity index (χ1) is 6.70. The van der Waals surface area contributed by atoms with E-state index in [1.54, 1.807) is 0 Å². The van der Waals surface area contributed by atoms with E-state index in [0.717, 1.165) is 24.1 Å². The van der Waals surface area contributed by atoms with Crippen molar-refractivity contribution >= 4 is 0 Å². The van der Waals surface area contributed by atoms with Crippen LogP contribution in [0.5, 0.6) is 5.75 Å². The van der Waals surface area contributed by atoms with Gasteiger partial charge < -0.3 is 10.4 Å². The van der Waals surface area contributed by atoms with Crippen LogP contribution >= 0.6 is 0 Å². The lowest BCUT2D eigenvalue weighted by molar-refractivity contribution is 0.362. The number of hydrogen-bond acceptors (Lipinski definition) is 2. The van der Waals surface area contributed by atoms with E-state index in [1.165, 1.54) is 0 Å². The minimum Gasteiger partial charge on any atom is -0.507 e. The Bertz CT molecular complexity index is 329. The van der Waals surface area contributed by atoms with Crippen molar-refractivity contribution in [2.45, 2.75) is 32.2 Å². The number of phenolic OH excluding ortho intramolecular Hbond substituents is 1. The van der Waals surface area contributed by atoms with Crippen LogP contribution in [0.15, 0.2) is 18.2 Å². The van der Waals surface area contributed by atoms with E-state index < -0.39 is 0 Å². The van der Waals surface area contributed by atoms with Gasteiger partial charge in [-0.2, -0.15) is 0 Å². The molecule has 1 atom stereocenters. The normalized spacial score (nSPS) is 20.9. The van der Waals surface area contributed by atoms with Gasteiger partial charge >= 0.3 is 0 Å². The van der Waals surface area contributed by atoms with Crippen LogP contribution in [0, 0.1) is 0 Å². The van der Waals surface area contributed by atoms with Gasteiger partial charge in [0.2, 0.25) is 0 Å². The van der Waals surface area contributed by atoms with E-state index in [4.69, 9.17) is 0 Å². The van der Waals surface area contributed by atoms with Crippen LogP contribution in [-0.2, 0) is 0 Å². The second-order valence-electron chi connectivity index (χ2n) is 4.24. The number of phenols is 1. The summed E-state index contributed by atoms with van der Waals surface area (Å²) in [6.45, 7) is 5.27. The molecular weight excluding hydrogens is 174 g/mol. The fourth-order valence-electron chi connectivity index (χ4n) is 1.88. The molecule has 2 N–H and O–H groups in total. The number of rotatable bonds is 2. The summed E-state index contributed by atoms with van der Waals surface area (Å²) in [5, 5.41) is 13.4. The van der Waals surface area contributed by atoms with Crippen LogP contribution in [0.3, 0.4) is 0 Å². The standard InChI is InChI=1S/C12H17NO/c1-8(2)9-4-3-5-10(12(9)14)11-6-7-13-11/h3-5,8,11,13-14H,6-7H2,1-2H3/t11-/m1/s1. The molecule has 14 heavy (non-hydrogen) atoms. The van der Waals surface area contributed by atoms with Crippen LogP contribution in [0.2, 0.25) is 0 Å². The van der Waals surface area contributed by atoms with Crippen molar-refractivity contribution in [2.24, 2.45) is 0 Å². The Kier molecular flexibility index (Phi) is 2.46. The van der Waals surface area contributed by atoms with Crippen molar-refractivity contribution in [1.82, 2.24) is 5.32 Å². The van der Waals surface area contributed by atoms with Crippen molar-refractivity contribution in [3.05, 3.63) is 29.3 Å². The predicted molar refractivity (Wildman–Crippen MR) is 57.6 cm³/mol. The fourth-order valence-corrected chi connectivity index (χ4v) is 1.88. The second kappa shape index (κ2) is 3.62. The molecule has 0 bridgehead atoms. The van der Waals surface area contributed by atoms with Crippen LogP contribution in [0.25, 0.3) is 0 Å². The minimum absolute atomic E-state index is 0.369. The number of hydrogen-bond donors (Lipinski definition) is 2. The van der Waals surface area contributed by atoms with Gasteiger partial charge in [0.05, 0.1) is 0 Å². The Labute approximate surface area is 85.0 Å². The van der Waals surface area contributed by atoms with Crippen molar-refractivity contribution in [3.63, 3.8) is 0 Å². The van der Waals surface area contributed by atoms with Crippen molar-refractivity contribution in [3.8, 4) is 5.75 Å². The molecule has 1 saturated heterocycles. The summed E-state index contributed by atoms with van der Waals surface area (Å²) in [5.41, 5.74) is 2.11. The van der Waals surface area contributed by atoms with Gasteiger partial charge in [-0.1, -0.05) is 32.0 Å². The maximum absolute atomic E-state index is 10.1. The molecule has 2 rings (SSSR count). The Morgan fingerprint density at radius 3 is 2.64 bits per heavy atom. The highest BCUT2D eigenvalue weighted by atomic mass is 16.3. The average Bonchev–Trinajstić information content (AvgIpc) is 2.04. The van der Waals surface area contributed by atoms with E-state index in [0.29, 0.717) is 17.7 Å². The molecule has 0 aliphatic carbocycles. The molecule has 1 aliphatic rings. The molecule has 1 heterocycles. The van der Waals surface area contributed by atoms with Gasteiger partial charge in [0.25, 0.3) is 0 Å². The zero-order valence-electron chi connectivity index (χ0n) is 8.75. The van der Waals surface area contributed by atoms with Crippen LogP contribution in [-0.4, -0.2) is 11.7 Å². The van der Waals surface area contributed by atoms with Crippen LogP contribution < -0.4 is 5.32 Å². The summed E-state index contributed by atoms with van der Waals surface area (Å²) in [6, 6.07) is 6.42. The van der Waals surface area contributed by atoms with Gasteiger partial charge in [-0.3, -0.25) is 0 Å². The Balaban J connectivity index is 2.35. The molecule has 1 aromatic carbocycles. The highest BCUT2D eigenvalue weighted by Gasteiger charge is 2.22. The first-order valence-electron chi connectivity index (χ1n) is 5.25. The molecule has 0 unspecified atom stereocenters. The Morgan fingerprint density at radius 2 is 2.14 bits per heavy atom. The van der Waals surface area contributed by atoms with Gasteiger partial charge in [0, 0.05) is 11.6 Å². The highest BCUT2D eigenvalue weighted by Crippen LogP contribution is 2.35. The zero-order chi connectivity index (χ0) is 10.1. The van der Waals surface area contributed by atoms with Crippen LogP contribution in [0.4, 0.5) is 0 Å². The fraction of sp³-hybridized carbons (Fsp3) is 0.500. The monoisotopic (exact) mass is 191 g/mol. The van der Waals surface area contributed by atoms with Gasteiger partial charge in [-0.05, 0) is 24.4 Å². The molecular formula is C12H17NO. The molecule has 0 amide bonds. The summed E-state index contributed by atoms with van der Waals surface area (Å²) < 4.78 is 0. The highest BCUT2D eigenvalue weighted by molar-refractivity contribution is 5.44. The third-order valence-corrected chi connectivity index (χ3v) is 2.92. The van der Waals surface area contributed by atoms with Crippen molar-refractivity contribution in [1.29, 1.82) is 0 Å². The lowest BCUT2D eigenvalue weighted by Crippen LogP contribution is -2.35. The summed E-state index contributed by atoms with van der Waals surface area (Å²) in [7, 11) is 0. The Hall–Kier alpha value is -1.02. The lowest BCUT2D eigenvalue weighted by Gasteiger charge is -2.29. The number of nitrogens with one attached hydrogen (secondary N) is 1. The second-order valence-corrected chi connectivity index (χ2v) is 4.24. The van der Waals surface area contributed by atoms with Crippen molar-refractivity contribution < 1.29 is 5.11 Å². The predicted octanol–water partition coefficient (Wildman–Crippen LogP) is 2.55. The minimum atomic E-state index is 0.369. The van der Waals surface area contributed by atoms with E-state index in [9.17, 15) is 5.11 Å². The molecule has 0 radical (unpaired) electrons. The van der Waals surface area contributed by atoms with Crippen molar-refractivity contribution in [2.75, 3.05) is 6.54 Å². The van der Waals surface area contributed by atoms with E-state index in [1.807, 2.05) is 18.2 Å². The van der Waals surface area contributed by atoms with E-state index in [2.05, 4.69) is 19.2 Å². The van der Waals surface area contributed by atoms with E-state index >= 15 is 0 Å². The number of benzene rings is 1. The molecule has 1 aliphatic heterocycles. The quantitative estimate of drug-likeness (QED) is 0.753. The molecule has 2 nitrogen and oxygen atoms in total. The zero-order valence-corrected chi connectivity index (χ0v) is 8.75. The molecule has 0 aromatic heterocycles. The molecule has 1 aromatic rings. The maximum atomic E-state index is 10.1. The number of para-hydroxylation sites is 1.